The van der Waals surface area contributed by atoms with Crippen LogP contribution < -0.4 is 14.8 Å². The maximum Gasteiger partial charge on any atom is 0.255 e. The van der Waals surface area contributed by atoms with Gasteiger partial charge in [0.2, 0.25) is 0 Å². The molecule has 0 spiro atoms. The summed E-state index contributed by atoms with van der Waals surface area (Å²) in [6.45, 7) is 0. The first-order valence-electron chi connectivity index (χ1n) is 6.27. The van der Waals surface area contributed by atoms with E-state index in [0.29, 0.717) is 23.1 Å². The van der Waals surface area contributed by atoms with Crippen molar-refractivity contribution in [3.63, 3.8) is 0 Å². The van der Waals surface area contributed by atoms with E-state index in [-0.39, 0.29) is 5.91 Å². The average Bonchev–Trinajstić information content (AvgIpc) is 2.90. The molecule has 0 radical (unpaired) electrons. The van der Waals surface area contributed by atoms with Gasteiger partial charge in [-0.2, -0.15) is 0 Å². The molecule has 1 fully saturated rings. The Balaban J connectivity index is 2.16. The highest BCUT2D eigenvalue weighted by molar-refractivity contribution is 5.97. The van der Waals surface area contributed by atoms with E-state index >= 15 is 0 Å². The standard InChI is InChI=1S/C14H19NO3/c1-17-11-7-8-13(18-2)12(9-11)14(16)15-10-5-3-4-6-10/h7-10H,3-6H2,1-2H3,(H,15,16). The molecule has 1 aromatic rings. The molecule has 0 aromatic heterocycles. The van der Waals surface area contributed by atoms with Gasteiger partial charge in [-0.3, -0.25) is 4.79 Å². The van der Waals surface area contributed by atoms with Crippen LogP contribution in [0.1, 0.15) is 36.0 Å². The zero-order valence-corrected chi connectivity index (χ0v) is 10.9. The highest BCUT2D eigenvalue weighted by Gasteiger charge is 2.20. The fourth-order valence-corrected chi connectivity index (χ4v) is 2.32. The van der Waals surface area contributed by atoms with Crippen LogP contribution in [0.25, 0.3) is 0 Å². The van der Waals surface area contributed by atoms with Crippen molar-refractivity contribution in [3.8, 4) is 11.5 Å². The minimum absolute atomic E-state index is 0.0855. The normalized spacial score (nSPS) is 15.4. The first-order chi connectivity index (χ1) is 8.74. The first kappa shape index (κ1) is 12.7. The Hall–Kier alpha value is -1.71. The number of nitrogens with one attached hydrogen (secondary N) is 1. The number of carbonyl (C=O) groups is 1. The topological polar surface area (TPSA) is 47.6 Å². The Labute approximate surface area is 107 Å². The van der Waals surface area contributed by atoms with E-state index < -0.39 is 0 Å². The van der Waals surface area contributed by atoms with Gasteiger partial charge in [0.05, 0.1) is 19.8 Å². The van der Waals surface area contributed by atoms with Crippen LogP contribution in [0, 0.1) is 0 Å². The van der Waals surface area contributed by atoms with Gasteiger partial charge in [-0.15, -0.1) is 0 Å². The van der Waals surface area contributed by atoms with Crippen LogP contribution >= 0.6 is 0 Å². The summed E-state index contributed by atoms with van der Waals surface area (Å²) in [6, 6.07) is 5.55. The SMILES string of the molecule is COc1ccc(OC)c(C(=O)NC2CCCC2)c1. The van der Waals surface area contributed by atoms with Crippen molar-refractivity contribution in [1.29, 1.82) is 0 Å². The van der Waals surface area contributed by atoms with Crippen molar-refractivity contribution < 1.29 is 14.3 Å². The number of hydrogen-bond donors (Lipinski definition) is 1. The third-order valence-electron chi connectivity index (χ3n) is 3.34. The van der Waals surface area contributed by atoms with Crippen LogP contribution in [0.3, 0.4) is 0 Å². The van der Waals surface area contributed by atoms with E-state index in [1.165, 1.54) is 12.8 Å². The molecule has 0 atom stereocenters. The van der Waals surface area contributed by atoms with E-state index in [4.69, 9.17) is 9.47 Å². The van der Waals surface area contributed by atoms with Gasteiger partial charge in [0.1, 0.15) is 11.5 Å². The molecule has 0 saturated heterocycles. The lowest BCUT2D eigenvalue weighted by Gasteiger charge is -2.14. The molecule has 4 heteroatoms. The molecule has 2 rings (SSSR count). The second-order valence-electron chi connectivity index (χ2n) is 4.52. The van der Waals surface area contributed by atoms with Crippen LogP contribution in [0.15, 0.2) is 18.2 Å². The smallest absolute Gasteiger partial charge is 0.255 e. The monoisotopic (exact) mass is 249 g/mol. The molecule has 1 amide bonds. The summed E-state index contributed by atoms with van der Waals surface area (Å²) in [4.78, 5) is 12.2. The lowest BCUT2D eigenvalue weighted by molar-refractivity contribution is 0.0934. The first-order valence-corrected chi connectivity index (χ1v) is 6.27. The molecule has 1 aliphatic rings. The van der Waals surface area contributed by atoms with Crippen molar-refractivity contribution in [1.82, 2.24) is 5.32 Å². The van der Waals surface area contributed by atoms with Crippen LogP contribution in [-0.4, -0.2) is 26.2 Å². The summed E-state index contributed by atoms with van der Waals surface area (Å²) in [7, 11) is 3.15. The number of methoxy groups -OCH3 is 2. The highest BCUT2D eigenvalue weighted by atomic mass is 16.5. The van der Waals surface area contributed by atoms with Gasteiger partial charge in [-0.1, -0.05) is 12.8 Å². The molecule has 0 bridgehead atoms. The highest BCUT2D eigenvalue weighted by Crippen LogP contribution is 2.25. The van der Waals surface area contributed by atoms with E-state index in [1.54, 1.807) is 32.4 Å². The Morgan fingerprint density at radius 3 is 2.56 bits per heavy atom. The van der Waals surface area contributed by atoms with Gasteiger partial charge >= 0.3 is 0 Å². The Morgan fingerprint density at radius 2 is 1.94 bits per heavy atom. The fourth-order valence-electron chi connectivity index (χ4n) is 2.32. The fraction of sp³-hybridized carbons (Fsp3) is 0.500. The molecule has 0 unspecified atom stereocenters. The molecule has 1 saturated carbocycles. The molecule has 1 N–H and O–H groups in total. The maximum absolute atomic E-state index is 12.2. The molecular weight excluding hydrogens is 230 g/mol. The van der Waals surface area contributed by atoms with Gasteiger partial charge in [0.15, 0.2) is 0 Å². The van der Waals surface area contributed by atoms with Gasteiger partial charge in [-0.05, 0) is 31.0 Å². The summed E-state index contributed by atoms with van der Waals surface area (Å²) in [5.74, 6) is 1.15. The van der Waals surface area contributed by atoms with Gasteiger partial charge < -0.3 is 14.8 Å². The van der Waals surface area contributed by atoms with Crippen molar-refractivity contribution >= 4 is 5.91 Å². The average molecular weight is 249 g/mol. The van der Waals surface area contributed by atoms with Crippen molar-refractivity contribution in [2.24, 2.45) is 0 Å². The summed E-state index contributed by atoms with van der Waals surface area (Å²) in [5.41, 5.74) is 0.531. The quantitative estimate of drug-likeness (QED) is 0.891. The number of carbonyl (C=O) groups excluding carboxylic acids is 1. The van der Waals surface area contributed by atoms with E-state index in [0.717, 1.165) is 12.8 Å². The van der Waals surface area contributed by atoms with Crippen molar-refractivity contribution in [2.45, 2.75) is 31.7 Å². The van der Waals surface area contributed by atoms with E-state index in [9.17, 15) is 4.79 Å². The molecule has 98 valence electrons. The summed E-state index contributed by atoms with van der Waals surface area (Å²) >= 11 is 0. The summed E-state index contributed by atoms with van der Waals surface area (Å²) < 4.78 is 10.4. The third kappa shape index (κ3) is 2.75. The largest absolute Gasteiger partial charge is 0.497 e. The van der Waals surface area contributed by atoms with Gasteiger partial charge in [0.25, 0.3) is 5.91 Å². The zero-order chi connectivity index (χ0) is 13.0. The Kier molecular flexibility index (Phi) is 4.07. The van der Waals surface area contributed by atoms with Crippen LogP contribution in [0.2, 0.25) is 0 Å². The molecule has 1 aromatic carbocycles. The molecule has 18 heavy (non-hydrogen) atoms. The lowest BCUT2D eigenvalue weighted by atomic mass is 10.1. The second kappa shape index (κ2) is 5.76. The number of benzene rings is 1. The van der Waals surface area contributed by atoms with Crippen molar-refractivity contribution in [2.75, 3.05) is 14.2 Å². The summed E-state index contributed by atoms with van der Waals surface area (Å²) in [6.07, 6.45) is 4.52. The molecule has 0 heterocycles. The summed E-state index contributed by atoms with van der Waals surface area (Å²) in [5, 5.41) is 3.05. The predicted octanol–water partition coefficient (Wildman–Crippen LogP) is 2.38. The Bertz CT molecular complexity index is 425. The number of hydrogen-bond acceptors (Lipinski definition) is 3. The van der Waals surface area contributed by atoms with E-state index in [2.05, 4.69) is 5.32 Å². The minimum Gasteiger partial charge on any atom is -0.497 e. The van der Waals surface area contributed by atoms with E-state index in [1.807, 2.05) is 0 Å². The van der Waals surface area contributed by atoms with Crippen molar-refractivity contribution in [3.05, 3.63) is 23.8 Å². The van der Waals surface area contributed by atoms with Gasteiger partial charge in [0, 0.05) is 6.04 Å². The minimum atomic E-state index is -0.0855. The van der Waals surface area contributed by atoms with Crippen LogP contribution in [0.5, 0.6) is 11.5 Å². The van der Waals surface area contributed by atoms with Gasteiger partial charge in [-0.25, -0.2) is 0 Å². The molecular formula is C14H19NO3. The number of rotatable bonds is 4. The lowest BCUT2D eigenvalue weighted by Crippen LogP contribution is -2.32. The molecule has 1 aliphatic carbocycles. The van der Waals surface area contributed by atoms with Crippen LogP contribution in [0.4, 0.5) is 0 Å². The van der Waals surface area contributed by atoms with Crippen LogP contribution in [-0.2, 0) is 0 Å². The third-order valence-corrected chi connectivity index (χ3v) is 3.34. The Morgan fingerprint density at radius 1 is 1.22 bits per heavy atom. The molecule has 0 aliphatic heterocycles. The second-order valence-corrected chi connectivity index (χ2v) is 4.52. The zero-order valence-electron chi connectivity index (χ0n) is 10.9. The number of amides is 1. The molecule has 4 nitrogen and oxygen atoms in total. The number of ether oxygens (including phenoxy) is 2. The predicted molar refractivity (Wildman–Crippen MR) is 69.3 cm³/mol. The maximum atomic E-state index is 12.2.